The fraction of sp³-hybridized carbons (Fsp3) is 0.923. The molecular formula is C13H25N3O2. The van der Waals surface area contributed by atoms with Crippen molar-refractivity contribution in [3.8, 4) is 0 Å². The molecule has 0 saturated carbocycles. The van der Waals surface area contributed by atoms with E-state index in [-0.39, 0.29) is 0 Å². The molecule has 0 radical (unpaired) electrons. The van der Waals surface area contributed by atoms with Crippen LogP contribution in [0.1, 0.15) is 19.8 Å². The first-order chi connectivity index (χ1) is 8.79. The zero-order chi connectivity index (χ0) is 12.8. The van der Waals surface area contributed by atoms with Crippen molar-refractivity contribution in [3.05, 3.63) is 0 Å². The lowest BCUT2D eigenvalue weighted by molar-refractivity contribution is -0.132. The summed E-state index contributed by atoms with van der Waals surface area (Å²) in [7, 11) is 0. The zero-order valence-corrected chi connectivity index (χ0v) is 11.4. The van der Waals surface area contributed by atoms with Crippen LogP contribution in [0.15, 0.2) is 0 Å². The lowest BCUT2D eigenvalue weighted by Crippen LogP contribution is -2.48. The number of ether oxygens (including phenoxy) is 1. The Labute approximate surface area is 109 Å². The van der Waals surface area contributed by atoms with Crippen LogP contribution in [0, 0.1) is 0 Å². The van der Waals surface area contributed by atoms with E-state index in [2.05, 4.69) is 17.1 Å². The van der Waals surface area contributed by atoms with Crippen LogP contribution in [-0.2, 0) is 9.53 Å². The molecule has 5 heteroatoms. The molecule has 0 aromatic carbocycles. The predicted octanol–water partition coefficient (Wildman–Crippen LogP) is -0.0809. The molecule has 104 valence electrons. The third kappa shape index (κ3) is 3.93. The second kappa shape index (κ2) is 7.07. The van der Waals surface area contributed by atoms with E-state index in [1.165, 1.54) is 0 Å². The number of amides is 1. The molecule has 1 unspecified atom stereocenters. The van der Waals surface area contributed by atoms with Crippen molar-refractivity contribution < 1.29 is 9.53 Å². The summed E-state index contributed by atoms with van der Waals surface area (Å²) in [5.74, 6) is 0.302. The molecule has 5 nitrogen and oxygen atoms in total. The normalized spacial score (nSPS) is 26.3. The van der Waals surface area contributed by atoms with Crippen LogP contribution in [0.2, 0.25) is 0 Å². The molecule has 1 amide bonds. The maximum atomic E-state index is 12.0. The first kappa shape index (κ1) is 13.8. The van der Waals surface area contributed by atoms with E-state index in [1.807, 2.05) is 4.90 Å². The summed E-state index contributed by atoms with van der Waals surface area (Å²) in [6, 6.07) is 0. The first-order valence-electron chi connectivity index (χ1n) is 7.12. The van der Waals surface area contributed by atoms with Crippen molar-refractivity contribution in [3.63, 3.8) is 0 Å². The number of hydrogen-bond donors (Lipinski definition) is 1. The van der Waals surface area contributed by atoms with Gasteiger partial charge in [0.1, 0.15) is 0 Å². The Kier molecular flexibility index (Phi) is 5.41. The van der Waals surface area contributed by atoms with Gasteiger partial charge >= 0.3 is 0 Å². The molecule has 0 spiro atoms. The van der Waals surface area contributed by atoms with E-state index < -0.39 is 0 Å². The predicted molar refractivity (Wildman–Crippen MR) is 70.5 cm³/mol. The smallest absolute Gasteiger partial charge is 0.223 e. The Morgan fingerprint density at radius 3 is 2.83 bits per heavy atom. The molecule has 2 saturated heterocycles. The van der Waals surface area contributed by atoms with Crippen molar-refractivity contribution in [2.45, 2.75) is 25.9 Å². The van der Waals surface area contributed by atoms with Gasteiger partial charge in [-0.25, -0.2) is 0 Å². The fourth-order valence-corrected chi connectivity index (χ4v) is 2.56. The van der Waals surface area contributed by atoms with Crippen LogP contribution in [0.3, 0.4) is 0 Å². The topological polar surface area (TPSA) is 44.8 Å². The highest BCUT2D eigenvalue weighted by Crippen LogP contribution is 2.09. The molecular weight excluding hydrogens is 230 g/mol. The van der Waals surface area contributed by atoms with Gasteiger partial charge in [0.25, 0.3) is 0 Å². The molecule has 0 aromatic heterocycles. The van der Waals surface area contributed by atoms with Crippen LogP contribution >= 0.6 is 0 Å². The summed E-state index contributed by atoms with van der Waals surface area (Å²) in [5, 5.41) is 3.27. The number of rotatable bonds is 4. The lowest BCUT2D eigenvalue weighted by Gasteiger charge is -2.33. The second-order valence-corrected chi connectivity index (χ2v) is 5.08. The Morgan fingerprint density at radius 1 is 1.33 bits per heavy atom. The summed E-state index contributed by atoms with van der Waals surface area (Å²) in [5.41, 5.74) is 0. The van der Waals surface area contributed by atoms with Gasteiger partial charge in [-0.1, -0.05) is 6.92 Å². The average Bonchev–Trinajstić information content (AvgIpc) is 2.46. The van der Waals surface area contributed by atoms with Crippen molar-refractivity contribution >= 4 is 5.91 Å². The second-order valence-electron chi connectivity index (χ2n) is 5.08. The van der Waals surface area contributed by atoms with E-state index in [4.69, 9.17) is 4.74 Å². The highest BCUT2D eigenvalue weighted by atomic mass is 16.5. The van der Waals surface area contributed by atoms with Gasteiger partial charge in [-0.3, -0.25) is 9.69 Å². The molecule has 2 fully saturated rings. The van der Waals surface area contributed by atoms with Crippen molar-refractivity contribution in [1.82, 2.24) is 15.1 Å². The van der Waals surface area contributed by atoms with Gasteiger partial charge in [-0.15, -0.1) is 0 Å². The molecule has 1 N–H and O–H groups in total. The quantitative estimate of drug-likeness (QED) is 0.763. The maximum absolute atomic E-state index is 12.0. The van der Waals surface area contributed by atoms with Crippen molar-refractivity contribution in [2.75, 3.05) is 52.4 Å². The molecule has 0 aliphatic carbocycles. The van der Waals surface area contributed by atoms with Gasteiger partial charge in [0, 0.05) is 52.2 Å². The Morgan fingerprint density at radius 2 is 2.11 bits per heavy atom. The highest BCUT2D eigenvalue weighted by Gasteiger charge is 2.21. The summed E-state index contributed by atoms with van der Waals surface area (Å²) in [6.45, 7) is 9.36. The van der Waals surface area contributed by atoms with Crippen molar-refractivity contribution in [1.29, 1.82) is 0 Å². The number of piperazine rings is 1. The summed E-state index contributed by atoms with van der Waals surface area (Å²) in [6.07, 6.45) is 2.06. The molecule has 0 bridgehead atoms. The molecule has 18 heavy (non-hydrogen) atoms. The Balaban J connectivity index is 1.68. The van der Waals surface area contributed by atoms with Gasteiger partial charge in [-0.2, -0.15) is 0 Å². The van der Waals surface area contributed by atoms with Crippen LogP contribution < -0.4 is 5.32 Å². The van der Waals surface area contributed by atoms with E-state index >= 15 is 0 Å². The van der Waals surface area contributed by atoms with Gasteiger partial charge in [-0.05, 0) is 6.42 Å². The van der Waals surface area contributed by atoms with E-state index in [9.17, 15) is 4.79 Å². The number of carbonyl (C=O) groups excluding carboxylic acids is 1. The number of carbonyl (C=O) groups is 1. The lowest BCUT2D eigenvalue weighted by atomic mass is 10.2. The molecule has 2 aliphatic rings. The van der Waals surface area contributed by atoms with Crippen LogP contribution in [0.4, 0.5) is 0 Å². The van der Waals surface area contributed by atoms with Crippen molar-refractivity contribution in [2.24, 2.45) is 0 Å². The molecule has 2 aliphatic heterocycles. The zero-order valence-electron chi connectivity index (χ0n) is 11.4. The fourth-order valence-electron chi connectivity index (χ4n) is 2.56. The van der Waals surface area contributed by atoms with Gasteiger partial charge in [0.15, 0.2) is 0 Å². The standard InChI is InChI=1S/C13H25N3O2/c1-2-12-11-15(9-10-18-12)6-3-13(17)16-7-4-14-5-8-16/h12,14H,2-11H2,1H3. The Hall–Kier alpha value is -0.650. The third-order valence-electron chi connectivity index (χ3n) is 3.79. The van der Waals surface area contributed by atoms with Crippen LogP contribution in [0.25, 0.3) is 0 Å². The van der Waals surface area contributed by atoms with Gasteiger partial charge in [0.2, 0.25) is 5.91 Å². The third-order valence-corrected chi connectivity index (χ3v) is 3.79. The number of nitrogens with zero attached hydrogens (tertiary/aromatic N) is 2. The SMILES string of the molecule is CCC1CN(CCC(=O)N2CCNCC2)CCO1. The van der Waals surface area contributed by atoms with E-state index in [0.29, 0.717) is 18.4 Å². The molecule has 2 rings (SSSR count). The van der Waals surface area contributed by atoms with Crippen LogP contribution in [-0.4, -0.2) is 74.2 Å². The minimum absolute atomic E-state index is 0.302. The first-order valence-corrected chi connectivity index (χ1v) is 7.12. The largest absolute Gasteiger partial charge is 0.376 e. The summed E-state index contributed by atoms with van der Waals surface area (Å²) >= 11 is 0. The van der Waals surface area contributed by atoms with E-state index in [1.54, 1.807) is 0 Å². The average molecular weight is 255 g/mol. The minimum Gasteiger partial charge on any atom is -0.376 e. The maximum Gasteiger partial charge on any atom is 0.223 e. The number of nitrogens with one attached hydrogen (secondary N) is 1. The molecule has 2 heterocycles. The Bertz CT molecular complexity index is 267. The highest BCUT2D eigenvalue weighted by molar-refractivity contribution is 5.76. The van der Waals surface area contributed by atoms with Crippen LogP contribution in [0.5, 0.6) is 0 Å². The van der Waals surface area contributed by atoms with Gasteiger partial charge in [0.05, 0.1) is 12.7 Å². The number of hydrogen-bond acceptors (Lipinski definition) is 4. The van der Waals surface area contributed by atoms with Gasteiger partial charge < -0.3 is 15.0 Å². The molecule has 1 atom stereocenters. The monoisotopic (exact) mass is 255 g/mol. The summed E-state index contributed by atoms with van der Waals surface area (Å²) in [4.78, 5) is 16.4. The minimum atomic E-state index is 0.302. The molecule has 0 aromatic rings. The number of morpholine rings is 1. The van der Waals surface area contributed by atoms with E-state index in [0.717, 1.165) is 58.8 Å². The summed E-state index contributed by atoms with van der Waals surface area (Å²) < 4.78 is 5.64.